The second-order valence-corrected chi connectivity index (χ2v) is 4.90. The van der Waals surface area contributed by atoms with Crippen LogP contribution in [0.4, 0.5) is 10.8 Å². The van der Waals surface area contributed by atoms with Crippen molar-refractivity contribution in [2.45, 2.75) is 0 Å². The van der Waals surface area contributed by atoms with Gasteiger partial charge in [0.2, 0.25) is 0 Å². The van der Waals surface area contributed by atoms with Crippen molar-refractivity contribution >= 4 is 22.2 Å². The highest BCUT2D eigenvalue weighted by Gasteiger charge is 2.08. The van der Waals surface area contributed by atoms with E-state index >= 15 is 0 Å². The van der Waals surface area contributed by atoms with Gasteiger partial charge in [0, 0.05) is 16.6 Å². The molecule has 3 nitrogen and oxygen atoms in total. The Morgan fingerprint density at radius 2 is 1.68 bits per heavy atom. The number of aromatic nitrogens is 1. The molecule has 4 heteroatoms. The second kappa shape index (κ2) is 5.12. The van der Waals surface area contributed by atoms with Gasteiger partial charge in [0.05, 0.1) is 5.69 Å². The number of rotatable bonds is 3. The molecular weight excluding hydrogens is 256 g/mol. The van der Waals surface area contributed by atoms with Gasteiger partial charge in [-0.15, -0.1) is 11.3 Å². The van der Waals surface area contributed by atoms with E-state index in [2.05, 4.69) is 10.3 Å². The maximum absolute atomic E-state index is 9.81. The number of hydrogen-bond acceptors (Lipinski definition) is 4. The van der Waals surface area contributed by atoms with E-state index in [1.165, 1.54) is 11.3 Å². The summed E-state index contributed by atoms with van der Waals surface area (Å²) < 4.78 is 0. The van der Waals surface area contributed by atoms with Crippen LogP contribution in [0.1, 0.15) is 0 Å². The van der Waals surface area contributed by atoms with Gasteiger partial charge in [0.15, 0.2) is 5.13 Å². The van der Waals surface area contributed by atoms with Gasteiger partial charge in [-0.3, -0.25) is 0 Å². The summed E-state index contributed by atoms with van der Waals surface area (Å²) in [6, 6.07) is 17.1. The molecule has 0 aliphatic rings. The van der Waals surface area contributed by atoms with Crippen molar-refractivity contribution in [3.05, 3.63) is 60.0 Å². The van der Waals surface area contributed by atoms with Gasteiger partial charge in [0.25, 0.3) is 0 Å². The molecule has 0 aliphatic heterocycles. The summed E-state index contributed by atoms with van der Waals surface area (Å²) >= 11 is 1.51. The van der Waals surface area contributed by atoms with E-state index in [9.17, 15) is 5.11 Å². The van der Waals surface area contributed by atoms with Gasteiger partial charge in [-0.1, -0.05) is 30.3 Å². The molecule has 94 valence electrons. The molecular formula is C15H12N2OS. The first kappa shape index (κ1) is 11.7. The molecule has 0 fully saturated rings. The van der Waals surface area contributed by atoms with E-state index in [-0.39, 0.29) is 5.75 Å². The maximum atomic E-state index is 9.81. The van der Waals surface area contributed by atoms with Crippen LogP contribution >= 0.6 is 11.3 Å². The number of aromatic hydroxyl groups is 1. The van der Waals surface area contributed by atoms with Crippen LogP contribution in [0.15, 0.2) is 60.0 Å². The van der Waals surface area contributed by atoms with E-state index in [0.717, 1.165) is 22.1 Å². The van der Waals surface area contributed by atoms with Crippen molar-refractivity contribution < 1.29 is 5.11 Å². The van der Waals surface area contributed by atoms with Crippen LogP contribution in [0, 0.1) is 0 Å². The zero-order valence-electron chi connectivity index (χ0n) is 10.1. The molecule has 0 spiro atoms. The maximum Gasteiger partial charge on any atom is 0.187 e. The molecule has 0 saturated carbocycles. The first-order valence-corrected chi connectivity index (χ1v) is 6.77. The Kier molecular flexibility index (Phi) is 3.16. The number of benzene rings is 2. The first-order chi connectivity index (χ1) is 9.33. The smallest absolute Gasteiger partial charge is 0.187 e. The summed E-state index contributed by atoms with van der Waals surface area (Å²) in [5, 5.41) is 15.8. The van der Waals surface area contributed by atoms with Crippen LogP contribution in [0.2, 0.25) is 0 Å². The number of thiazole rings is 1. The van der Waals surface area contributed by atoms with E-state index < -0.39 is 0 Å². The predicted molar refractivity (Wildman–Crippen MR) is 78.9 cm³/mol. The van der Waals surface area contributed by atoms with Gasteiger partial charge >= 0.3 is 0 Å². The highest BCUT2D eigenvalue weighted by Crippen LogP contribution is 2.32. The molecule has 2 aromatic carbocycles. The zero-order valence-corrected chi connectivity index (χ0v) is 10.9. The van der Waals surface area contributed by atoms with Gasteiger partial charge < -0.3 is 10.4 Å². The van der Waals surface area contributed by atoms with Crippen LogP contribution in [-0.4, -0.2) is 10.1 Å². The number of nitrogens with one attached hydrogen (secondary N) is 1. The normalized spacial score (nSPS) is 10.3. The summed E-state index contributed by atoms with van der Waals surface area (Å²) in [5.41, 5.74) is 2.53. The summed E-state index contributed by atoms with van der Waals surface area (Å²) in [6.45, 7) is 0. The molecule has 1 heterocycles. The number of nitrogens with zero attached hydrogens (tertiary/aromatic N) is 1. The number of hydrogen-bond donors (Lipinski definition) is 2. The molecule has 0 unspecified atom stereocenters. The molecule has 3 aromatic rings. The Morgan fingerprint density at radius 1 is 0.947 bits per heavy atom. The highest BCUT2D eigenvalue weighted by molar-refractivity contribution is 7.14. The minimum Gasteiger partial charge on any atom is -0.507 e. The molecule has 19 heavy (non-hydrogen) atoms. The Hall–Kier alpha value is -2.33. The topological polar surface area (TPSA) is 45.1 Å². The number of para-hydroxylation sites is 2. The third kappa shape index (κ3) is 2.58. The van der Waals surface area contributed by atoms with Crippen LogP contribution in [-0.2, 0) is 0 Å². The standard InChI is InChI=1S/C15H12N2OS/c18-14-9-5-4-8-12(14)13-10-19-15(17-13)16-11-6-2-1-3-7-11/h1-10,18H,(H,16,17). The second-order valence-electron chi connectivity index (χ2n) is 4.05. The van der Waals surface area contributed by atoms with E-state index in [0.29, 0.717) is 0 Å². The Morgan fingerprint density at radius 3 is 2.47 bits per heavy atom. The van der Waals surface area contributed by atoms with Crippen LogP contribution < -0.4 is 5.32 Å². The third-order valence-electron chi connectivity index (χ3n) is 2.71. The van der Waals surface area contributed by atoms with Crippen molar-refractivity contribution in [3.63, 3.8) is 0 Å². The summed E-state index contributed by atoms with van der Waals surface area (Å²) in [6.07, 6.45) is 0. The molecule has 0 aliphatic carbocycles. The SMILES string of the molecule is Oc1ccccc1-c1csc(Nc2ccccc2)n1. The van der Waals surface area contributed by atoms with Crippen molar-refractivity contribution in [1.82, 2.24) is 4.98 Å². The summed E-state index contributed by atoms with van der Waals surface area (Å²) in [5.74, 6) is 0.249. The third-order valence-corrected chi connectivity index (χ3v) is 3.47. The van der Waals surface area contributed by atoms with Crippen LogP contribution in [0.5, 0.6) is 5.75 Å². The largest absolute Gasteiger partial charge is 0.507 e. The highest BCUT2D eigenvalue weighted by atomic mass is 32.1. The average Bonchev–Trinajstić information content (AvgIpc) is 2.89. The molecule has 0 amide bonds. The average molecular weight is 268 g/mol. The van der Waals surface area contributed by atoms with Gasteiger partial charge in [-0.25, -0.2) is 4.98 Å². The molecule has 0 atom stereocenters. The van der Waals surface area contributed by atoms with E-state index in [1.54, 1.807) is 12.1 Å². The lowest BCUT2D eigenvalue weighted by Gasteiger charge is -2.01. The summed E-state index contributed by atoms with van der Waals surface area (Å²) in [7, 11) is 0. The predicted octanol–water partition coefficient (Wildman–Crippen LogP) is 4.26. The van der Waals surface area contributed by atoms with E-state index in [4.69, 9.17) is 0 Å². The lowest BCUT2D eigenvalue weighted by molar-refractivity contribution is 0.477. The minimum absolute atomic E-state index is 0.249. The van der Waals surface area contributed by atoms with Gasteiger partial charge in [0.1, 0.15) is 5.75 Å². The quantitative estimate of drug-likeness (QED) is 0.746. The molecule has 0 radical (unpaired) electrons. The number of phenolic OH excluding ortho intramolecular Hbond substituents is 1. The lowest BCUT2D eigenvalue weighted by atomic mass is 10.1. The molecule has 0 saturated heterocycles. The molecule has 0 bridgehead atoms. The van der Waals surface area contributed by atoms with Crippen molar-refractivity contribution in [2.24, 2.45) is 0 Å². The Bertz CT molecular complexity index is 679. The van der Waals surface area contributed by atoms with Gasteiger partial charge in [-0.05, 0) is 24.3 Å². The Labute approximate surface area is 115 Å². The van der Waals surface area contributed by atoms with Crippen molar-refractivity contribution in [3.8, 4) is 17.0 Å². The van der Waals surface area contributed by atoms with Gasteiger partial charge in [-0.2, -0.15) is 0 Å². The van der Waals surface area contributed by atoms with Crippen LogP contribution in [0.3, 0.4) is 0 Å². The van der Waals surface area contributed by atoms with Crippen LogP contribution in [0.25, 0.3) is 11.3 Å². The monoisotopic (exact) mass is 268 g/mol. The lowest BCUT2D eigenvalue weighted by Crippen LogP contribution is -1.88. The molecule has 3 rings (SSSR count). The number of anilines is 2. The molecule has 2 N–H and O–H groups in total. The van der Waals surface area contributed by atoms with Crippen molar-refractivity contribution in [1.29, 1.82) is 0 Å². The summed E-state index contributed by atoms with van der Waals surface area (Å²) in [4.78, 5) is 4.48. The minimum atomic E-state index is 0.249. The zero-order chi connectivity index (χ0) is 13.1. The number of phenols is 1. The fraction of sp³-hybridized carbons (Fsp3) is 0. The fourth-order valence-electron chi connectivity index (χ4n) is 1.79. The molecule has 1 aromatic heterocycles. The Balaban J connectivity index is 1.86. The van der Waals surface area contributed by atoms with E-state index in [1.807, 2.05) is 47.8 Å². The fourth-order valence-corrected chi connectivity index (χ4v) is 2.52. The first-order valence-electron chi connectivity index (χ1n) is 5.89. The van der Waals surface area contributed by atoms with Crippen molar-refractivity contribution in [2.75, 3.05) is 5.32 Å².